The maximum Gasteiger partial charge on any atom is 0.225 e. The molecule has 0 saturated carbocycles. The highest BCUT2D eigenvalue weighted by atomic mass is 16.2. The summed E-state index contributed by atoms with van der Waals surface area (Å²) in [6.07, 6.45) is 2.11. The molecule has 3 nitrogen and oxygen atoms in total. The van der Waals surface area contributed by atoms with Gasteiger partial charge in [0.15, 0.2) is 0 Å². The molecular weight excluding hydrogens is 296 g/mol. The van der Waals surface area contributed by atoms with Crippen molar-refractivity contribution in [2.75, 3.05) is 19.6 Å². The van der Waals surface area contributed by atoms with E-state index < -0.39 is 0 Å². The Morgan fingerprint density at radius 2 is 1.96 bits per heavy atom. The monoisotopic (exact) mass is 324 g/mol. The molecule has 2 aromatic rings. The Morgan fingerprint density at radius 3 is 2.75 bits per heavy atom. The highest BCUT2D eigenvalue weighted by Gasteiger charge is 2.30. The normalized spacial score (nSPS) is 19.4. The first-order chi connectivity index (χ1) is 11.5. The molecule has 24 heavy (non-hydrogen) atoms. The van der Waals surface area contributed by atoms with Gasteiger partial charge in [-0.2, -0.15) is 0 Å². The minimum Gasteiger partial charge on any atom is -0.347 e. The average Bonchev–Trinajstić information content (AvgIpc) is 2.61. The number of amides is 1. The fourth-order valence-electron chi connectivity index (χ4n) is 3.80. The van der Waals surface area contributed by atoms with Gasteiger partial charge in [0.25, 0.3) is 0 Å². The first kappa shape index (κ1) is 17.0. The fraction of sp³-hybridized carbons (Fsp3) is 0.476. The lowest BCUT2D eigenvalue weighted by Gasteiger charge is -2.34. The standard InChI is InChI=1S/C21H28N2O/c1-4-23-14-8-11-17(15-23)20(24)22-21(2,3)19-13-7-10-16-9-5-6-12-18(16)19/h5-7,9-10,12-13,17H,4,8,11,14-15H2,1-3H3,(H,22,24)/t17-/m0/s1. The van der Waals surface area contributed by atoms with E-state index in [1.165, 1.54) is 16.3 Å². The van der Waals surface area contributed by atoms with Gasteiger partial charge in [0, 0.05) is 6.54 Å². The summed E-state index contributed by atoms with van der Waals surface area (Å²) in [5.41, 5.74) is 0.795. The molecule has 1 N–H and O–H groups in total. The van der Waals surface area contributed by atoms with E-state index in [1.54, 1.807) is 0 Å². The van der Waals surface area contributed by atoms with E-state index in [1.807, 2.05) is 0 Å². The van der Waals surface area contributed by atoms with E-state index in [4.69, 9.17) is 0 Å². The van der Waals surface area contributed by atoms with Crippen LogP contribution < -0.4 is 5.32 Å². The lowest BCUT2D eigenvalue weighted by atomic mass is 9.88. The molecule has 0 unspecified atom stereocenters. The van der Waals surface area contributed by atoms with Crippen LogP contribution in [0.15, 0.2) is 42.5 Å². The second-order valence-electron chi connectivity index (χ2n) is 7.37. The Hall–Kier alpha value is -1.87. The van der Waals surface area contributed by atoms with Crippen molar-refractivity contribution in [2.24, 2.45) is 5.92 Å². The summed E-state index contributed by atoms with van der Waals surface area (Å²) in [5.74, 6) is 0.291. The van der Waals surface area contributed by atoms with Crippen LogP contribution in [0.1, 0.15) is 39.2 Å². The minimum atomic E-state index is -0.383. The molecular formula is C21H28N2O. The molecule has 3 rings (SSSR count). The van der Waals surface area contributed by atoms with Gasteiger partial charge in [-0.1, -0.05) is 49.4 Å². The molecule has 0 aromatic heterocycles. The number of hydrogen-bond acceptors (Lipinski definition) is 2. The van der Waals surface area contributed by atoms with Crippen molar-refractivity contribution in [3.8, 4) is 0 Å². The first-order valence-electron chi connectivity index (χ1n) is 9.04. The Labute approximate surface area is 145 Å². The van der Waals surface area contributed by atoms with Crippen LogP contribution in [0.3, 0.4) is 0 Å². The van der Waals surface area contributed by atoms with Crippen molar-refractivity contribution in [3.63, 3.8) is 0 Å². The van der Waals surface area contributed by atoms with Crippen molar-refractivity contribution in [3.05, 3.63) is 48.0 Å². The lowest BCUT2D eigenvalue weighted by Crippen LogP contribution is -2.48. The zero-order valence-corrected chi connectivity index (χ0v) is 15.0. The Bertz CT molecular complexity index is 717. The zero-order valence-electron chi connectivity index (χ0n) is 15.0. The van der Waals surface area contributed by atoms with Gasteiger partial charge in [-0.15, -0.1) is 0 Å². The number of nitrogens with one attached hydrogen (secondary N) is 1. The van der Waals surface area contributed by atoms with Gasteiger partial charge in [0.2, 0.25) is 5.91 Å². The smallest absolute Gasteiger partial charge is 0.225 e. The van der Waals surface area contributed by atoms with Crippen LogP contribution in [-0.4, -0.2) is 30.4 Å². The summed E-state index contributed by atoms with van der Waals surface area (Å²) < 4.78 is 0. The molecule has 1 saturated heterocycles. The maximum atomic E-state index is 12.8. The van der Waals surface area contributed by atoms with Gasteiger partial charge in [-0.05, 0) is 56.1 Å². The molecule has 128 valence electrons. The Morgan fingerprint density at radius 1 is 1.21 bits per heavy atom. The fourth-order valence-corrected chi connectivity index (χ4v) is 3.80. The van der Waals surface area contributed by atoms with Crippen LogP contribution in [0.2, 0.25) is 0 Å². The van der Waals surface area contributed by atoms with E-state index in [0.717, 1.165) is 32.5 Å². The molecule has 0 spiro atoms. The maximum absolute atomic E-state index is 12.8. The van der Waals surface area contributed by atoms with Crippen molar-refractivity contribution in [2.45, 2.75) is 39.2 Å². The third-order valence-electron chi connectivity index (χ3n) is 5.22. The van der Waals surface area contributed by atoms with Crippen LogP contribution >= 0.6 is 0 Å². The highest BCUT2D eigenvalue weighted by Crippen LogP contribution is 2.29. The number of nitrogens with zero attached hydrogens (tertiary/aromatic N) is 1. The number of rotatable bonds is 4. The Kier molecular flexibility index (Phi) is 4.91. The number of carbonyl (C=O) groups excluding carboxylic acids is 1. The van der Waals surface area contributed by atoms with E-state index in [9.17, 15) is 4.79 Å². The number of carbonyl (C=O) groups is 1. The summed E-state index contributed by atoms with van der Waals surface area (Å²) in [7, 11) is 0. The third kappa shape index (κ3) is 3.46. The van der Waals surface area contributed by atoms with Crippen molar-refractivity contribution < 1.29 is 4.79 Å². The lowest BCUT2D eigenvalue weighted by molar-refractivity contribution is -0.128. The van der Waals surface area contributed by atoms with E-state index >= 15 is 0 Å². The third-order valence-corrected chi connectivity index (χ3v) is 5.22. The van der Waals surface area contributed by atoms with E-state index in [2.05, 4.69) is 73.5 Å². The quantitative estimate of drug-likeness (QED) is 0.924. The van der Waals surface area contributed by atoms with Crippen LogP contribution in [-0.2, 0) is 10.3 Å². The Balaban J connectivity index is 1.81. The molecule has 1 heterocycles. The van der Waals surface area contributed by atoms with Gasteiger partial charge in [-0.3, -0.25) is 4.79 Å². The first-order valence-corrected chi connectivity index (χ1v) is 9.04. The molecule has 0 bridgehead atoms. The van der Waals surface area contributed by atoms with Crippen LogP contribution in [0, 0.1) is 5.92 Å². The summed E-state index contributed by atoms with van der Waals surface area (Å²) in [6.45, 7) is 9.40. The molecule has 3 heteroatoms. The molecule has 1 amide bonds. The number of fused-ring (bicyclic) bond motifs is 1. The SMILES string of the molecule is CCN1CCC[C@H](C(=O)NC(C)(C)c2cccc3ccccc23)C1. The van der Waals surface area contributed by atoms with Gasteiger partial charge >= 0.3 is 0 Å². The number of benzene rings is 2. The summed E-state index contributed by atoms with van der Waals surface area (Å²) in [4.78, 5) is 15.2. The summed E-state index contributed by atoms with van der Waals surface area (Å²) >= 11 is 0. The molecule has 1 aliphatic heterocycles. The van der Waals surface area contributed by atoms with Gasteiger partial charge in [0.1, 0.15) is 0 Å². The summed E-state index contributed by atoms with van der Waals surface area (Å²) in [6, 6.07) is 14.7. The predicted octanol–water partition coefficient (Wildman–Crippen LogP) is 3.92. The van der Waals surface area contributed by atoms with Crippen molar-refractivity contribution in [1.82, 2.24) is 10.2 Å². The molecule has 1 atom stereocenters. The molecule has 1 aliphatic rings. The van der Waals surface area contributed by atoms with E-state index in [-0.39, 0.29) is 17.4 Å². The van der Waals surface area contributed by atoms with E-state index in [0.29, 0.717) is 0 Å². The number of hydrogen-bond donors (Lipinski definition) is 1. The van der Waals surface area contributed by atoms with Crippen LogP contribution in [0.25, 0.3) is 10.8 Å². The highest BCUT2D eigenvalue weighted by molar-refractivity contribution is 5.87. The van der Waals surface area contributed by atoms with Crippen molar-refractivity contribution in [1.29, 1.82) is 0 Å². The van der Waals surface area contributed by atoms with Gasteiger partial charge < -0.3 is 10.2 Å². The van der Waals surface area contributed by atoms with Gasteiger partial charge in [-0.25, -0.2) is 0 Å². The van der Waals surface area contributed by atoms with Crippen LogP contribution in [0.5, 0.6) is 0 Å². The topological polar surface area (TPSA) is 32.3 Å². The zero-order chi connectivity index (χ0) is 17.2. The molecule has 1 fully saturated rings. The second kappa shape index (κ2) is 6.94. The molecule has 0 aliphatic carbocycles. The largest absolute Gasteiger partial charge is 0.347 e. The molecule has 0 radical (unpaired) electrons. The van der Waals surface area contributed by atoms with Gasteiger partial charge in [0.05, 0.1) is 11.5 Å². The van der Waals surface area contributed by atoms with Crippen LogP contribution in [0.4, 0.5) is 0 Å². The summed E-state index contributed by atoms with van der Waals surface area (Å²) in [5, 5.41) is 5.74. The molecule has 2 aromatic carbocycles. The average molecular weight is 324 g/mol. The number of piperidine rings is 1. The predicted molar refractivity (Wildman–Crippen MR) is 100.0 cm³/mol. The second-order valence-corrected chi connectivity index (χ2v) is 7.37. The minimum absolute atomic E-state index is 0.105. The van der Waals surface area contributed by atoms with Crippen molar-refractivity contribution >= 4 is 16.7 Å². The number of likely N-dealkylation sites (tertiary alicyclic amines) is 1.